The maximum atomic E-state index is 5.72. The lowest BCUT2D eigenvalue weighted by Gasteiger charge is -2.24. The van der Waals surface area contributed by atoms with Crippen LogP contribution in [0, 0.1) is 0 Å². The summed E-state index contributed by atoms with van der Waals surface area (Å²) in [6, 6.07) is 11.4. The Morgan fingerprint density at radius 3 is 3.05 bits per heavy atom. The molecule has 0 saturated carbocycles. The van der Waals surface area contributed by atoms with E-state index in [4.69, 9.17) is 9.47 Å². The van der Waals surface area contributed by atoms with Crippen molar-refractivity contribution in [1.82, 2.24) is 15.5 Å². The lowest BCUT2D eigenvalue weighted by atomic mass is 10.1. The van der Waals surface area contributed by atoms with E-state index in [1.807, 2.05) is 24.3 Å². The van der Waals surface area contributed by atoms with Gasteiger partial charge in [0.2, 0.25) is 5.88 Å². The topological polar surface area (TPSA) is 56.3 Å². The summed E-state index contributed by atoms with van der Waals surface area (Å²) >= 11 is 0. The van der Waals surface area contributed by atoms with Crippen LogP contribution in [-0.2, 0) is 4.74 Å². The van der Waals surface area contributed by atoms with E-state index in [-0.39, 0.29) is 6.10 Å². The highest BCUT2D eigenvalue weighted by molar-refractivity contribution is 5.32. The Bertz CT molecular complexity index is 527. The quantitative estimate of drug-likeness (QED) is 0.910. The first kappa shape index (κ1) is 12.1. The second kappa shape index (κ2) is 5.77. The molecule has 0 spiro atoms. The Kier molecular flexibility index (Phi) is 3.67. The van der Waals surface area contributed by atoms with E-state index in [0.717, 1.165) is 31.0 Å². The minimum atomic E-state index is 0.0826. The Hall–Kier alpha value is -1.98. The van der Waals surface area contributed by atoms with Gasteiger partial charge in [0, 0.05) is 25.4 Å². The van der Waals surface area contributed by atoms with Crippen molar-refractivity contribution in [3.8, 4) is 11.6 Å². The van der Waals surface area contributed by atoms with Crippen molar-refractivity contribution in [2.24, 2.45) is 0 Å². The van der Waals surface area contributed by atoms with Crippen molar-refractivity contribution in [2.75, 3.05) is 19.7 Å². The van der Waals surface area contributed by atoms with Crippen LogP contribution in [0.1, 0.15) is 11.7 Å². The standard InChI is InChI=1S/C14H15N3O2/c1-3-11(13-10-15-7-8-18-13)9-12(4-1)19-14-5-2-6-16-17-14/h1-6,9,13,15H,7-8,10H2/t13-/m1/s1. The predicted octanol–water partition coefficient (Wildman–Crippen LogP) is 1.93. The van der Waals surface area contributed by atoms with Crippen LogP contribution in [0.25, 0.3) is 0 Å². The molecular weight excluding hydrogens is 242 g/mol. The van der Waals surface area contributed by atoms with Crippen LogP contribution >= 0.6 is 0 Å². The van der Waals surface area contributed by atoms with Gasteiger partial charge >= 0.3 is 0 Å². The number of ether oxygens (including phenoxy) is 2. The van der Waals surface area contributed by atoms with Gasteiger partial charge in [0.25, 0.3) is 0 Å². The summed E-state index contributed by atoms with van der Waals surface area (Å²) in [4.78, 5) is 0. The lowest BCUT2D eigenvalue weighted by Crippen LogP contribution is -2.33. The molecule has 1 N–H and O–H groups in total. The number of hydrogen-bond acceptors (Lipinski definition) is 5. The largest absolute Gasteiger partial charge is 0.438 e. The Morgan fingerprint density at radius 1 is 1.26 bits per heavy atom. The second-order valence-corrected chi connectivity index (χ2v) is 4.30. The lowest BCUT2D eigenvalue weighted by molar-refractivity contribution is 0.0276. The van der Waals surface area contributed by atoms with Gasteiger partial charge in [0.15, 0.2) is 0 Å². The fourth-order valence-corrected chi connectivity index (χ4v) is 2.02. The van der Waals surface area contributed by atoms with Crippen molar-refractivity contribution >= 4 is 0 Å². The fraction of sp³-hybridized carbons (Fsp3) is 0.286. The minimum absolute atomic E-state index is 0.0826. The summed E-state index contributed by atoms with van der Waals surface area (Å²) < 4.78 is 11.4. The molecule has 0 bridgehead atoms. The molecule has 98 valence electrons. The molecule has 1 aliphatic heterocycles. The minimum Gasteiger partial charge on any atom is -0.438 e. The van der Waals surface area contributed by atoms with E-state index < -0.39 is 0 Å². The number of rotatable bonds is 3. The van der Waals surface area contributed by atoms with E-state index in [0.29, 0.717) is 5.88 Å². The summed E-state index contributed by atoms with van der Waals surface area (Å²) in [5.74, 6) is 1.23. The average molecular weight is 257 g/mol. The van der Waals surface area contributed by atoms with Gasteiger partial charge in [0.1, 0.15) is 5.75 Å². The third-order valence-corrected chi connectivity index (χ3v) is 2.93. The van der Waals surface area contributed by atoms with Gasteiger partial charge in [-0.15, -0.1) is 5.10 Å². The van der Waals surface area contributed by atoms with Crippen LogP contribution in [0.2, 0.25) is 0 Å². The van der Waals surface area contributed by atoms with Crippen LogP contribution in [-0.4, -0.2) is 29.9 Å². The number of hydrogen-bond donors (Lipinski definition) is 1. The van der Waals surface area contributed by atoms with E-state index in [1.54, 1.807) is 18.3 Å². The molecular formula is C14H15N3O2. The molecule has 19 heavy (non-hydrogen) atoms. The molecule has 3 rings (SSSR count). The van der Waals surface area contributed by atoms with E-state index in [1.165, 1.54) is 0 Å². The van der Waals surface area contributed by atoms with Gasteiger partial charge in [-0.05, 0) is 23.8 Å². The zero-order chi connectivity index (χ0) is 12.9. The van der Waals surface area contributed by atoms with Gasteiger partial charge in [-0.3, -0.25) is 0 Å². The molecule has 0 amide bonds. The zero-order valence-electron chi connectivity index (χ0n) is 10.5. The molecule has 5 heteroatoms. The van der Waals surface area contributed by atoms with Crippen molar-refractivity contribution in [1.29, 1.82) is 0 Å². The molecule has 0 aliphatic carbocycles. The maximum absolute atomic E-state index is 5.72. The number of benzene rings is 1. The summed E-state index contributed by atoms with van der Waals surface area (Å²) in [7, 11) is 0. The van der Waals surface area contributed by atoms with Crippen molar-refractivity contribution < 1.29 is 9.47 Å². The molecule has 1 aromatic carbocycles. The normalized spacial score (nSPS) is 19.1. The molecule has 1 saturated heterocycles. The zero-order valence-corrected chi connectivity index (χ0v) is 10.5. The van der Waals surface area contributed by atoms with E-state index in [9.17, 15) is 0 Å². The van der Waals surface area contributed by atoms with Gasteiger partial charge < -0.3 is 14.8 Å². The van der Waals surface area contributed by atoms with E-state index >= 15 is 0 Å². The SMILES string of the molecule is c1cc(Oc2cccnn2)cc([C@H]2CNCCO2)c1. The van der Waals surface area contributed by atoms with Gasteiger partial charge in [-0.2, -0.15) is 5.10 Å². The molecule has 0 radical (unpaired) electrons. The van der Waals surface area contributed by atoms with Crippen LogP contribution in [0.3, 0.4) is 0 Å². The Morgan fingerprint density at radius 2 is 2.26 bits per heavy atom. The number of aromatic nitrogens is 2. The fourth-order valence-electron chi connectivity index (χ4n) is 2.02. The van der Waals surface area contributed by atoms with Gasteiger partial charge in [-0.25, -0.2) is 0 Å². The molecule has 5 nitrogen and oxygen atoms in total. The molecule has 0 unspecified atom stereocenters. The number of nitrogens with zero attached hydrogens (tertiary/aromatic N) is 2. The first-order chi connectivity index (χ1) is 9.42. The summed E-state index contributed by atoms with van der Waals surface area (Å²) in [6.07, 6.45) is 1.70. The van der Waals surface area contributed by atoms with Gasteiger partial charge in [0.05, 0.1) is 12.7 Å². The first-order valence-corrected chi connectivity index (χ1v) is 6.30. The van der Waals surface area contributed by atoms with Crippen LogP contribution in [0.5, 0.6) is 11.6 Å². The molecule has 2 heterocycles. The van der Waals surface area contributed by atoms with Crippen molar-refractivity contribution in [3.63, 3.8) is 0 Å². The molecule has 1 aliphatic rings. The number of morpholine rings is 1. The molecule has 2 aromatic rings. The number of nitrogens with one attached hydrogen (secondary N) is 1. The van der Waals surface area contributed by atoms with Crippen molar-refractivity contribution in [3.05, 3.63) is 48.2 Å². The molecule has 1 atom stereocenters. The predicted molar refractivity (Wildman–Crippen MR) is 70.1 cm³/mol. The van der Waals surface area contributed by atoms with Crippen LogP contribution in [0.4, 0.5) is 0 Å². The highest BCUT2D eigenvalue weighted by Crippen LogP contribution is 2.25. The Labute approximate surface area is 111 Å². The molecule has 1 aromatic heterocycles. The van der Waals surface area contributed by atoms with Gasteiger partial charge in [-0.1, -0.05) is 12.1 Å². The second-order valence-electron chi connectivity index (χ2n) is 4.30. The Balaban J connectivity index is 1.76. The van der Waals surface area contributed by atoms with E-state index in [2.05, 4.69) is 15.5 Å². The third kappa shape index (κ3) is 3.07. The average Bonchev–Trinajstić information content (AvgIpc) is 2.49. The summed E-state index contributed by atoms with van der Waals surface area (Å²) in [5.41, 5.74) is 1.11. The molecule has 1 fully saturated rings. The summed E-state index contributed by atoms with van der Waals surface area (Å²) in [5, 5.41) is 11.0. The highest BCUT2D eigenvalue weighted by atomic mass is 16.5. The smallest absolute Gasteiger partial charge is 0.238 e. The van der Waals surface area contributed by atoms with Crippen LogP contribution < -0.4 is 10.1 Å². The monoisotopic (exact) mass is 257 g/mol. The third-order valence-electron chi connectivity index (χ3n) is 2.93. The highest BCUT2D eigenvalue weighted by Gasteiger charge is 2.16. The van der Waals surface area contributed by atoms with Crippen molar-refractivity contribution in [2.45, 2.75) is 6.10 Å². The summed E-state index contributed by atoms with van der Waals surface area (Å²) in [6.45, 7) is 2.47. The van der Waals surface area contributed by atoms with Crippen LogP contribution in [0.15, 0.2) is 42.6 Å². The maximum Gasteiger partial charge on any atom is 0.238 e. The first-order valence-electron chi connectivity index (χ1n) is 6.30.